The maximum Gasteiger partial charge on any atom is 0.223 e. The van der Waals surface area contributed by atoms with Crippen molar-refractivity contribution in [2.24, 2.45) is 5.92 Å². The van der Waals surface area contributed by atoms with Gasteiger partial charge in [0.1, 0.15) is 5.01 Å². The number of carbonyl (C=O) groups excluding carboxylic acids is 1. The molecule has 116 valence electrons. The SMILES string of the molecule is Cc1nc(-c2ccccn2)sc1CCNC(=O)C1CCCC1. The Kier molecular flexibility index (Phi) is 4.83. The molecular formula is C17H21N3OS. The molecule has 0 atom stereocenters. The number of rotatable bonds is 5. The van der Waals surface area contributed by atoms with Gasteiger partial charge in [0.2, 0.25) is 5.91 Å². The predicted molar refractivity (Wildman–Crippen MR) is 88.8 cm³/mol. The highest BCUT2D eigenvalue weighted by Crippen LogP contribution is 2.27. The fourth-order valence-corrected chi connectivity index (χ4v) is 3.93. The van der Waals surface area contributed by atoms with Gasteiger partial charge in [0.25, 0.3) is 0 Å². The maximum absolute atomic E-state index is 12.0. The van der Waals surface area contributed by atoms with Crippen molar-refractivity contribution in [3.05, 3.63) is 35.0 Å². The van der Waals surface area contributed by atoms with E-state index in [1.807, 2.05) is 25.1 Å². The standard InChI is InChI=1S/C17H21N3OS/c1-12-15(9-11-19-16(21)13-6-2-3-7-13)22-17(20-12)14-8-4-5-10-18-14/h4-5,8,10,13H,2-3,6-7,9,11H2,1H3,(H,19,21). The van der Waals surface area contributed by atoms with Gasteiger partial charge in [0.05, 0.1) is 11.4 Å². The second kappa shape index (κ2) is 7.01. The van der Waals surface area contributed by atoms with E-state index in [2.05, 4.69) is 15.3 Å². The lowest BCUT2D eigenvalue weighted by atomic mass is 10.1. The van der Waals surface area contributed by atoms with Gasteiger partial charge in [0, 0.05) is 30.0 Å². The lowest BCUT2D eigenvalue weighted by molar-refractivity contribution is -0.124. The number of nitrogens with one attached hydrogen (secondary N) is 1. The second-order valence-electron chi connectivity index (χ2n) is 5.76. The van der Waals surface area contributed by atoms with Crippen molar-refractivity contribution < 1.29 is 4.79 Å². The first-order chi connectivity index (χ1) is 10.7. The number of pyridine rings is 1. The van der Waals surface area contributed by atoms with Crippen LogP contribution in [0.15, 0.2) is 24.4 Å². The van der Waals surface area contributed by atoms with Crippen LogP contribution in [0.3, 0.4) is 0 Å². The van der Waals surface area contributed by atoms with Crippen LogP contribution in [0, 0.1) is 12.8 Å². The summed E-state index contributed by atoms with van der Waals surface area (Å²) in [6.07, 6.45) is 7.12. The van der Waals surface area contributed by atoms with Gasteiger partial charge in [-0.2, -0.15) is 0 Å². The summed E-state index contributed by atoms with van der Waals surface area (Å²) in [6.45, 7) is 2.72. The van der Waals surface area contributed by atoms with Crippen molar-refractivity contribution >= 4 is 17.2 Å². The van der Waals surface area contributed by atoms with E-state index in [4.69, 9.17) is 0 Å². The number of carbonyl (C=O) groups is 1. The molecule has 5 heteroatoms. The molecule has 2 aromatic heterocycles. The van der Waals surface area contributed by atoms with Crippen molar-refractivity contribution in [2.75, 3.05) is 6.54 Å². The molecule has 2 heterocycles. The normalized spacial score (nSPS) is 15.1. The Labute approximate surface area is 135 Å². The first-order valence-corrected chi connectivity index (χ1v) is 8.71. The molecule has 0 spiro atoms. The first-order valence-electron chi connectivity index (χ1n) is 7.89. The topological polar surface area (TPSA) is 54.9 Å². The molecule has 1 amide bonds. The summed E-state index contributed by atoms with van der Waals surface area (Å²) >= 11 is 1.67. The molecule has 1 N–H and O–H groups in total. The summed E-state index contributed by atoms with van der Waals surface area (Å²) in [6, 6.07) is 5.86. The molecule has 1 aliphatic rings. The van der Waals surface area contributed by atoms with Crippen molar-refractivity contribution in [1.29, 1.82) is 0 Å². The van der Waals surface area contributed by atoms with Crippen LogP contribution < -0.4 is 5.32 Å². The molecule has 0 bridgehead atoms. The third-order valence-corrected chi connectivity index (χ3v) is 5.39. The summed E-state index contributed by atoms with van der Waals surface area (Å²) in [5, 5.41) is 4.03. The van der Waals surface area contributed by atoms with Gasteiger partial charge in [-0.1, -0.05) is 18.9 Å². The predicted octanol–water partition coefficient (Wildman–Crippen LogP) is 3.36. The van der Waals surface area contributed by atoms with Gasteiger partial charge in [-0.3, -0.25) is 9.78 Å². The molecule has 0 radical (unpaired) electrons. The van der Waals surface area contributed by atoms with Gasteiger partial charge >= 0.3 is 0 Å². The highest BCUT2D eigenvalue weighted by Gasteiger charge is 2.22. The fourth-order valence-electron chi connectivity index (χ4n) is 2.89. The number of hydrogen-bond acceptors (Lipinski definition) is 4. The molecule has 0 aromatic carbocycles. The van der Waals surface area contributed by atoms with Gasteiger partial charge in [-0.15, -0.1) is 11.3 Å². The minimum absolute atomic E-state index is 0.226. The fraction of sp³-hybridized carbons (Fsp3) is 0.471. The maximum atomic E-state index is 12.0. The van der Waals surface area contributed by atoms with E-state index in [0.717, 1.165) is 35.7 Å². The molecule has 1 aliphatic carbocycles. The summed E-state index contributed by atoms with van der Waals surface area (Å²) in [4.78, 5) is 22.2. The average molecular weight is 315 g/mol. The molecule has 1 fully saturated rings. The van der Waals surface area contributed by atoms with E-state index < -0.39 is 0 Å². The lowest BCUT2D eigenvalue weighted by Crippen LogP contribution is -2.30. The van der Waals surface area contributed by atoms with Crippen molar-refractivity contribution in [3.8, 4) is 10.7 Å². The van der Waals surface area contributed by atoms with Crippen LogP contribution in [0.1, 0.15) is 36.3 Å². The minimum atomic E-state index is 0.226. The summed E-state index contributed by atoms with van der Waals surface area (Å²) in [5.41, 5.74) is 1.96. The zero-order valence-corrected chi connectivity index (χ0v) is 13.7. The smallest absolute Gasteiger partial charge is 0.223 e. The van der Waals surface area contributed by atoms with E-state index in [0.29, 0.717) is 6.54 Å². The van der Waals surface area contributed by atoms with Gasteiger partial charge < -0.3 is 5.32 Å². The van der Waals surface area contributed by atoms with Crippen molar-refractivity contribution in [2.45, 2.75) is 39.0 Å². The van der Waals surface area contributed by atoms with E-state index in [1.165, 1.54) is 17.7 Å². The largest absolute Gasteiger partial charge is 0.356 e. The molecule has 0 aliphatic heterocycles. The van der Waals surface area contributed by atoms with E-state index in [1.54, 1.807) is 17.5 Å². The van der Waals surface area contributed by atoms with Crippen LogP contribution in [0.25, 0.3) is 10.7 Å². The number of nitrogens with zero attached hydrogens (tertiary/aromatic N) is 2. The number of amides is 1. The van der Waals surface area contributed by atoms with Crippen molar-refractivity contribution in [1.82, 2.24) is 15.3 Å². The van der Waals surface area contributed by atoms with Crippen LogP contribution in [0.5, 0.6) is 0 Å². The zero-order valence-electron chi connectivity index (χ0n) is 12.8. The Balaban J connectivity index is 1.57. The van der Waals surface area contributed by atoms with Crippen LogP contribution in [0.4, 0.5) is 0 Å². The first kappa shape index (κ1) is 15.2. The minimum Gasteiger partial charge on any atom is -0.356 e. The molecule has 3 rings (SSSR count). The second-order valence-corrected chi connectivity index (χ2v) is 6.85. The average Bonchev–Trinajstić information content (AvgIpc) is 3.18. The van der Waals surface area contributed by atoms with Crippen LogP contribution in [-0.4, -0.2) is 22.4 Å². The highest BCUT2D eigenvalue weighted by molar-refractivity contribution is 7.15. The molecule has 1 saturated carbocycles. The van der Waals surface area contributed by atoms with Gasteiger partial charge in [-0.05, 0) is 31.9 Å². The Hall–Kier alpha value is -1.75. The van der Waals surface area contributed by atoms with Crippen LogP contribution in [0.2, 0.25) is 0 Å². The lowest BCUT2D eigenvalue weighted by Gasteiger charge is -2.09. The Bertz CT molecular complexity index is 633. The third-order valence-electron chi connectivity index (χ3n) is 4.15. The summed E-state index contributed by atoms with van der Waals surface area (Å²) in [7, 11) is 0. The Morgan fingerprint density at radius 3 is 2.91 bits per heavy atom. The van der Waals surface area contributed by atoms with E-state index in [-0.39, 0.29) is 11.8 Å². The molecule has 22 heavy (non-hydrogen) atoms. The molecule has 2 aromatic rings. The van der Waals surface area contributed by atoms with E-state index >= 15 is 0 Å². The van der Waals surface area contributed by atoms with Crippen molar-refractivity contribution in [3.63, 3.8) is 0 Å². The number of thiazole rings is 1. The summed E-state index contributed by atoms with van der Waals surface area (Å²) in [5.74, 6) is 0.469. The number of aryl methyl sites for hydroxylation is 1. The zero-order chi connectivity index (χ0) is 15.4. The van der Waals surface area contributed by atoms with Crippen LogP contribution >= 0.6 is 11.3 Å². The molecule has 0 saturated heterocycles. The van der Waals surface area contributed by atoms with Crippen LogP contribution in [-0.2, 0) is 11.2 Å². The van der Waals surface area contributed by atoms with E-state index in [9.17, 15) is 4.79 Å². The quantitative estimate of drug-likeness (QED) is 0.920. The number of hydrogen-bond donors (Lipinski definition) is 1. The highest BCUT2D eigenvalue weighted by atomic mass is 32.1. The molecule has 0 unspecified atom stereocenters. The number of aromatic nitrogens is 2. The third kappa shape index (κ3) is 3.53. The molecular weight excluding hydrogens is 294 g/mol. The Morgan fingerprint density at radius 1 is 1.36 bits per heavy atom. The van der Waals surface area contributed by atoms with Gasteiger partial charge in [-0.25, -0.2) is 4.98 Å². The Morgan fingerprint density at radius 2 is 2.18 bits per heavy atom. The molecule has 4 nitrogen and oxygen atoms in total. The monoisotopic (exact) mass is 315 g/mol. The van der Waals surface area contributed by atoms with Gasteiger partial charge in [0.15, 0.2) is 0 Å². The summed E-state index contributed by atoms with van der Waals surface area (Å²) < 4.78 is 0.